The van der Waals surface area contributed by atoms with Gasteiger partial charge in [0.1, 0.15) is 5.84 Å². The fourth-order valence-corrected chi connectivity index (χ4v) is 1.68. The normalized spacial score (nSPS) is 16.1. The zero-order chi connectivity index (χ0) is 11.3. The van der Waals surface area contributed by atoms with E-state index < -0.39 is 0 Å². The minimum atomic E-state index is 0.498. The third kappa shape index (κ3) is 3.22. The van der Waals surface area contributed by atoms with E-state index in [0.717, 1.165) is 19.5 Å². The molecular formula is C13H22N2. The van der Waals surface area contributed by atoms with Gasteiger partial charge in [-0.05, 0) is 25.8 Å². The van der Waals surface area contributed by atoms with Gasteiger partial charge in [-0.25, -0.2) is 4.99 Å². The van der Waals surface area contributed by atoms with Crippen LogP contribution in [0.3, 0.4) is 0 Å². The Hall–Kier alpha value is -1.05. The van der Waals surface area contributed by atoms with Crippen LogP contribution in [-0.2, 0) is 0 Å². The molecule has 0 saturated carbocycles. The van der Waals surface area contributed by atoms with Crippen LogP contribution < -0.4 is 0 Å². The highest BCUT2D eigenvalue weighted by Gasteiger charge is 2.10. The fourth-order valence-electron chi connectivity index (χ4n) is 1.68. The number of nitrogens with zero attached hydrogens (tertiary/aromatic N) is 2. The molecule has 2 nitrogen and oxygen atoms in total. The van der Waals surface area contributed by atoms with Crippen molar-refractivity contribution in [1.29, 1.82) is 0 Å². The van der Waals surface area contributed by atoms with Crippen LogP contribution in [0.15, 0.2) is 28.9 Å². The molecule has 0 aromatic heterocycles. The van der Waals surface area contributed by atoms with Gasteiger partial charge in [0.15, 0.2) is 0 Å². The minimum Gasteiger partial charge on any atom is -0.360 e. The zero-order valence-corrected chi connectivity index (χ0v) is 10.3. The Balaban J connectivity index is 2.89. The van der Waals surface area contributed by atoms with Gasteiger partial charge in [0.25, 0.3) is 0 Å². The first-order chi connectivity index (χ1) is 7.19. The number of rotatable bonds is 3. The van der Waals surface area contributed by atoms with Crippen molar-refractivity contribution in [2.75, 3.05) is 13.1 Å². The van der Waals surface area contributed by atoms with E-state index in [4.69, 9.17) is 4.99 Å². The second-order valence-electron chi connectivity index (χ2n) is 4.08. The number of hydrogen-bond acceptors (Lipinski definition) is 2. The van der Waals surface area contributed by atoms with Crippen LogP contribution in [0.25, 0.3) is 0 Å². The van der Waals surface area contributed by atoms with Crippen LogP contribution in [-0.4, -0.2) is 23.8 Å². The molecule has 84 valence electrons. The molecule has 0 aliphatic carbocycles. The lowest BCUT2D eigenvalue weighted by molar-refractivity contribution is 0.457. The molecule has 1 heterocycles. The third-order valence-electron chi connectivity index (χ3n) is 2.68. The first kappa shape index (κ1) is 12.0. The maximum absolute atomic E-state index is 4.76. The quantitative estimate of drug-likeness (QED) is 0.692. The molecule has 0 fully saturated rings. The highest BCUT2D eigenvalue weighted by Crippen LogP contribution is 2.16. The van der Waals surface area contributed by atoms with Crippen molar-refractivity contribution < 1.29 is 0 Å². The van der Waals surface area contributed by atoms with Crippen molar-refractivity contribution >= 4 is 5.84 Å². The molecule has 0 aromatic carbocycles. The van der Waals surface area contributed by atoms with Gasteiger partial charge < -0.3 is 4.90 Å². The summed E-state index contributed by atoms with van der Waals surface area (Å²) < 4.78 is 0. The van der Waals surface area contributed by atoms with Gasteiger partial charge in [-0.2, -0.15) is 0 Å². The number of allylic oxidation sites excluding steroid dienone is 3. The summed E-state index contributed by atoms with van der Waals surface area (Å²) in [5, 5.41) is 0. The average molecular weight is 206 g/mol. The van der Waals surface area contributed by atoms with Crippen molar-refractivity contribution in [2.45, 2.75) is 34.1 Å². The fraction of sp³-hybridized carbons (Fsp3) is 0.615. The number of amidine groups is 1. The van der Waals surface area contributed by atoms with Crippen LogP contribution in [0.4, 0.5) is 0 Å². The standard InChI is InChI=1S/C13H22N2/c1-5-15(6-2)13-10-8-7-9-12(14-13)11(3)4/h7-9,11H,5-6,10H2,1-4H3. The van der Waals surface area contributed by atoms with Crippen molar-refractivity contribution in [2.24, 2.45) is 10.9 Å². The molecule has 0 amide bonds. The maximum Gasteiger partial charge on any atom is 0.108 e. The Bertz CT molecular complexity index is 281. The van der Waals surface area contributed by atoms with Gasteiger partial charge in [-0.3, -0.25) is 0 Å². The van der Waals surface area contributed by atoms with Gasteiger partial charge in [0.05, 0.1) is 0 Å². The van der Waals surface area contributed by atoms with Gasteiger partial charge >= 0.3 is 0 Å². The summed E-state index contributed by atoms with van der Waals surface area (Å²) in [5.74, 6) is 1.70. The number of hydrogen-bond donors (Lipinski definition) is 0. The van der Waals surface area contributed by atoms with E-state index in [1.165, 1.54) is 11.5 Å². The van der Waals surface area contributed by atoms with Crippen molar-refractivity contribution in [3.05, 3.63) is 23.9 Å². The van der Waals surface area contributed by atoms with Gasteiger partial charge in [-0.15, -0.1) is 0 Å². The first-order valence-corrected chi connectivity index (χ1v) is 5.88. The lowest BCUT2D eigenvalue weighted by atomic mass is 10.1. The SMILES string of the molecule is CCN(CC)C1=NC(C(C)C)=CC=CC1. The van der Waals surface area contributed by atoms with E-state index in [1.54, 1.807) is 0 Å². The predicted molar refractivity (Wildman–Crippen MR) is 67.0 cm³/mol. The summed E-state index contributed by atoms with van der Waals surface area (Å²) in [7, 11) is 0. The second-order valence-corrected chi connectivity index (χ2v) is 4.08. The Labute approximate surface area is 93.4 Å². The lowest BCUT2D eigenvalue weighted by Gasteiger charge is -2.22. The van der Waals surface area contributed by atoms with Crippen molar-refractivity contribution in [3.63, 3.8) is 0 Å². The van der Waals surface area contributed by atoms with Crippen LogP contribution in [0.1, 0.15) is 34.1 Å². The van der Waals surface area contributed by atoms with E-state index in [-0.39, 0.29) is 0 Å². The summed E-state index contributed by atoms with van der Waals surface area (Å²) in [4.78, 5) is 7.08. The molecule has 15 heavy (non-hydrogen) atoms. The Morgan fingerprint density at radius 3 is 2.53 bits per heavy atom. The summed E-state index contributed by atoms with van der Waals surface area (Å²) >= 11 is 0. The average Bonchev–Trinajstić information content (AvgIpc) is 2.45. The van der Waals surface area contributed by atoms with E-state index in [2.05, 4.69) is 50.8 Å². The molecule has 1 aliphatic heterocycles. The molecule has 1 rings (SSSR count). The highest BCUT2D eigenvalue weighted by atomic mass is 15.2. The van der Waals surface area contributed by atoms with Crippen LogP contribution in [0.5, 0.6) is 0 Å². The summed E-state index contributed by atoms with van der Waals surface area (Å²) in [5.41, 5.74) is 1.19. The molecule has 0 atom stereocenters. The predicted octanol–water partition coefficient (Wildman–Crippen LogP) is 3.23. The summed E-state index contributed by atoms with van der Waals surface area (Å²) in [6, 6.07) is 0. The van der Waals surface area contributed by atoms with E-state index >= 15 is 0 Å². The van der Waals surface area contributed by atoms with Gasteiger partial charge in [-0.1, -0.05) is 26.0 Å². The molecule has 1 aliphatic rings. The maximum atomic E-state index is 4.76. The second kappa shape index (κ2) is 5.74. The lowest BCUT2D eigenvalue weighted by Crippen LogP contribution is -2.30. The van der Waals surface area contributed by atoms with E-state index in [9.17, 15) is 0 Å². The molecule has 0 radical (unpaired) electrons. The topological polar surface area (TPSA) is 15.6 Å². The van der Waals surface area contributed by atoms with Gasteiger partial charge in [0, 0.05) is 25.2 Å². The number of aliphatic imine (C=N–C) groups is 1. The highest BCUT2D eigenvalue weighted by molar-refractivity contribution is 5.85. The monoisotopic (exact) mass is 206 g/mol. The van der Waals surface area contributed by atoms with E-state index in [0.29, 0.717) is 5.92 Å². The van der Waals surface area contributed by atoms with Crippen LogP contribution in [0.2, 0.25) is 0 Å². The van der Waals surface area contributed by atoms with Crippen molar-refractivity contribution in [1.82, 2.24) is 4.90 Å². The zero-order valence-electron chi connectivity index (χ0n) is 10.3. The molecule has 0 saturated heterocycles. The molecule has 0 N–H and O–H groups in total. The first-order valence-electron chi connectivity index (χ1n) is 5.88. The van der Waals surface area contributed by atoms with Gasteiger partial charge in [0.2, 0.25) is 0 Å². The van der Waals surface area contributed by atoms with E-state index in [1.807, 2.05) is 0 Å². The van der Waals surface area contributed by atoms with Crippen LogP contribution in [0, 0.1) is 5.92 Å². The molecular weight excluding hydrogens is 184 g/mol. The van der Waals surface area contributed by atoms with Crippen molar-refractivity contribution in [3.8, 4) is 0 Å². The minimum absolute atomic E-state index is 0.498. The largest absolute Gasteiger partial charge is 0.360 e. The Kier molecular flexibility index (Phi) is 4.60. The molecule has 0 spiro atoms. The van der Waals surface area contributed by atoms with Crippen LogP contribution >= 0.6 is 0 Å². The third-order valence-corrected chi connectivity index (χ3v) is 2.68. The Morgan fingerprint density at radius 1 is 1.33 bits per heavy atom. The molecule has 0 aromatic rings. The molecule has 2 heteroatoms. The smallest absolute Gasteiger partial charge is 0.108 e. The molecule has 0 bridgehead atoms. The Morgan fingerprint density at radius 2 is 2.00 bits per heavy atom. The molecule has 0 unspecified atom stereocenters. The summed E-state index contributed by atoms with van der Waals surface area (Å²) in [6.07, 6.45) is 7.39. The summed E-state index contributed by atoms with van der Waals surface area (Å²) in [6.45, 7) is 10.8.